The summed E-state index contributed by atoms with van der Waals surface area (Å²) in [6.45, 7) is 2.91. The molecule has 16 aliphatic rings. The van der Waals surface area contributed by atoms with Crippen LogP contribution in [-0.4, -0.2) is 11.4 Å². The van der Waals surface area contributed by atoms with Gasteiger partial charge in [0, 0.05) is 36.6 Å². The van der Waals surface area contributed by atoms with Crippen molar-refractivity contribution in [3.05, 3.63) is 226 Å². The number of anilines is 2. The molecule has 4 heteroatoms. The first kappa shape index (κ1) is 31.7. The highest BCUT2D eigenvalue weighted by molar-refractivity contribution is 6.14. The molecule has 0 fully saturated rings. The minimum Gasteiger partial charge on any atom is -0.343 e. The van der Waals surface area contributed by atoms with Crippen LogP contribution in [0.1, 0.15) is 55.6 Å². The summed E-state index contributed by atoms with van der Waals surface area (Å²) in [4.78, 5) is 14.8. The highest BCUT2D eigenvalue weighted by Gasteiger charge is 2.19. The highest BCUT2D eigenvalue weighted by Crippen LogP contribution is 2.30. The maximum atomic E-state index is 5.07. The Hall–Kier alpha value is -6.26. The monoisotopic (exact) mass is 672 g/mol. The molecule has 0 unspecified atom stereocenters. The van der Waals surface area contributed by atoms with E-state index < -0.39 is 0 Å². The smallest absolute Gasteiger partial charge is 0.0686 e. The Kier molecular flexibility index (Phi) is 8.63. The van der Waals surface area contributed by atoms with Gasteiger partial charge in [-0.1, -0.05) is 133 Å². The van der Waals surface area contributed by atoms with Gasteiger partial charge < -0.3 is 9.80 Å². The van der Waals surface area contributed by atoms with Crippen molar-refractivity contribution in [1.82, 2.24) is 0 Å². The van der Waals surface area contributed by atoms with Gasteiger partial charge in [-0.2, -0.15) is 0 Å². The lowest BCUT2D eigenvalue weighted by molar-refractivity contribution is 0.954. The van der Waals surface area contributed by atoms with Gasteiger partial charge in [0.25, 0.3) is 0 Å². The van der Waals surface area contributed by atoms with Crippen LogP contribution in [0.5, 0.6) is 0 Å². The van der Waals surface area contributed by atoms with Crippen LogP contribution in [-0.2, 0) is 39.0 Å². The molecule has 22 rings (SSSR count). The molecule has 0 aromatic heterocycles. The van der Waals surface area contributed by atoms with E-state index in [4.69, 9.17) is 9.98 Å². The lowest BCUT2D eigenvalue weighted by atomic mass is 10.00. The number of rotatable bonds is 0. The normalized spacial score (nSPS) is 15.2. The summed E-state index contributed by atoms with van der Waals surface area (Å²) in [5.41, 5.74) is 17.0. The van der Waals surface area contributed by atoms with Crippen molar-refractivity contribution in [1.29, 1.82) is 0 Å². The van der Waals surface area contributed by atoms with Crippen LogP contribution in [0.15, 0.2) is 180 Å². The maximum Gasteiger partial charge on any atom is 0.0686 e. The summed E-state index contributed by atoms with van der Waals surface area (Å²) in [6.07, 6.45) is 10.5. The fourth-order valence-corrected chi connectivity index (χ4v) is 7.36. The average molecular weight is 673 g/mol. The second-order valence-corrected chi connectivity index (χ2v) is 13.9. The number of hydrogen-bond acceptors (Lipinski definition) is 4. The van der Waals surface area contributed by atoms with Gasteiger partial charge in [0.05, 0.1) is 35.9 Å². The molecule has 0 aliphatic carbocycles. The van der Waals surface area contributed by atoms with E-state index in [-0.39, 0.29) is 0 Å². The first-order valence-corrected chi connectivity index (χ1v) is 18.2. The Balaban J connectivity index is 1.01. The molecule has 0 saturated heterocycles. The minimum absolute atomic E-state index is 0.646. The first-order valence-electron chi connectivity index (χ1n) is 18.2. The fraction of sp³-hybridized carbons (Fsp3) is 0.125. The van der Waals surface area contributed by atoms with Crippen molar-refractivity contribution in [2.45, 2.75) is 39.0 Å². The van der Waals surface area contributed by atoms with Crippen LogP contribution in [0, 0.1) is 0 Å². The number of para-hydroxylation sites is 2. The number of nitrogens with zero attached hydrogens (tertiary/aromatic N) is 4. The van der Waals surface area contributed by atoms with E-state index in [1.54, 1.807) is 0 Å². The molecule has 4 nitrogen and oxygen atoms in total. The number of aliphatic imine (C=N–C) groups is 2. The molecule has 0 saturated carbocycles. The van der Waals surface area contributed by atoms with E-state index in [2.05, 4.69) is 180 Å². The largest absolute Gasteiger partial charge is 0.343 e. The van der Waals surface area contributed by atoms with Crippen LogP contribution >= 0.6 is 0 Å². The van der Waals surface area contributed by atoms with Crippen molar-refractivity contribution < 1.29 is 0 Å². The Morgan fingerprint density at radius 1 is 0.346 bits per heavy atom. The van der Waals surface area contributed by atoms with Crippen LogP contribution in [0.3, 0.4) is 0 Å². The topological polar surface area (TPSA) is 31.2 Å². The van der Waals surface area contributed by atoms with Gasteiger partial charge in [0.1, 0.15) is 0 Å². The summed E-state index contributed by atoms with van der Waals surface area (Å²) in [5, 5.41) is 0. The lowest BCUT2D eigenvalue weighted by Gasteiger charge is -2.27. The predicted octanol–water partition coefficient (Wildman–Crippen LogP) is 10.2. The van der Waals surface area contributed by atoms with Gasteiger partial charge in [0.2, 0.25) is 0 Å². The third-order valence-corrected chi connectivity index (χ3v) is 10.3. The van der Waals surface area contributed by atoms with Crippen molar-refractivity contribution in [2.24, 2.45) is 9.98 Å². The summed E-state index contributed by atoms with van der Waals surface area (Å²) in [6, 6.07) is 53.2. The molecule has 0 radical (unpaired) electrons. The predicted molar refractivity (Wildman–Crippen MR) is 215 cm³/mol. The number of benzene rings is 6. The zero-order chi connectivity index (χ0) is 34.7. The number of fused-ring (bicyclic) bond motifs is 1. The highest BCUT2D eigenvalue weighted by atomic mass is 15.1. The van der Waals surface area contributed by atoms with Crippen molar-refractivity contribution in [3.63, 3.8) is 0 Å². The molecule has 6 aromatic carbocycles. The molecule has 0 spiro atoms. The molecule has 52 heavy (non-hydrogen) atoms. The third-order valence-electron chi connectivity index (χ3n) is 10.3. The molecule has 0 atom stereocenters. The number of hydrogen-bond donors (Lipinski definition) is 0. The molecule has 0 N–H and O–H groups in total. The van der Waals surface area contributed by atoms with Gasteiger partial charge in [-0.15, -0.1) is 0 Å². The van der Waals surface area contributed by atoms with E-state index in [0.717, 1.165) is 37.4 Å². The van der Waals surface area contributed by atoms with E-state index in [0.29, 0.717) is 13.1 Å². The van der Waals surface area contributed by atoms with E-state index >= 15 is 0 Å². The van der Waals surface area contributed by atoms with Gasteiger partial charge >= 0.3 is 0 Å². The van der Waals surface area contributed by atoms with Gasteiger partial charge in [-0.25, -0.2) is 0 Å². The molecule has 6 aromatic rings. The molecule has 0 amide bonds. The second kappa shape index (κ2) is 14.2. The maximum absolute atomic E-state index is 5.07. The van der Waals surface area contributed by atoms with Crippen LogP contribution in [0.4, 0.5) is 11.4 Å². The van der Waals surface area contributed by atoms with Gasteiger partial charge in [0.15, 0.2) is 0 Å². The Labute approximate surface area is 306 Å². The zero-order valence-corrected chi connectivity index (χ0v) is 29.2. The summed E-state index contributed by atoms with van der Waals surface area (Å²) < 4.78 is 0. The average Bonchev–Trinajstić information content (AvgIpc) is 3.19. The first-order chi connectivity index (χ1) is 25.7. The van der Waals surface area contributed by atoms with E-state index in [1.807, 2.05) is 0 Å². The van der Waals surface area contributed by atoms with E-state index in [1.165, 1.54) is 67.0 Å². The SMILES string of the molecule is C1=CN2Cc3ccc(cc3)Cc3ccc(cc3)CN3C=CC(=NCc4ccc(cc4)Cc4ccc(cc4)CN=C1c1ccccc12)c1ccccc13. The molecule has 16 aliphatic heterocycles. The molecular weight excluding hydrogens is 633 g/mol. The van der Waals surface area contributed by atoms with Crippen molar-refractivity contribution >= 4 is 22.8 Å². The lowest BCUT2D eigenvalue weighted by Crippen LogP contribution is -2.22. The van der Waals surface area contributed by atoms with Crippen molar-refractivity contribution in [3.8, 4) is 0 Å². The van der Waals surface area contributed by atoms with Crippen LogP contribution < -0.4 is 9.80 Å². The van der Waals surface area contributed by atoms with Crippen LogP contribution in [0.2, 0.25) is 0 Å². The molecular formula is C48H40N4. The Morgan fingerprint density at radius 2 is 0.673 bits per heavy atom. The summed E-state index contributed by atoms with van der Waals surface area (Å²) in [7, 11) is 0. The minimum atomic E-state index is 0.646. The quantitative estimate of drug-likeness (QED) is 0.161. The van der Waals surface area contributed by atoms with E-state index in [9.17, 15) is 0 Å². The van der Waals surface area contributed by atoms with Gasteiger partial charge in [-0.05, 0) is 81.6 Å². The molecule has 12 bridgehead atoms. The fourth-order valence-electron chi connectivity index (χ4n) is 7.36. The second-order valence-electron chi connectivity index (χ2n) is 13.9. The summed E-state index contributed by atoms with van der Waals surface area (Å²) >= 11 is 0. The molecule has 16 heterocycles. The Morgan fingerprint density at radius 3 is 1.06 bits per heavy atom. The van der Waals surface area contributed by atoms with Crippen LogP contribution in [0.25, 0.3) is 0 Å². The van der Waals surface area contributed by atoms with Gasteiger partial charge in [-0.3, -0.25) is 9.98 Å². The standard InChI is InChI=1S/C48H40N4/c1-3-7-47-43(5-1)45-25-27-51(47)33-41-21-13-37(14-22-41)30-38-15-23-42(24-16-38)34-52-28-26-46(44-6-2-4-8-48(44)52)50-32-40-19-11-36(12-20-40)29-35-9-17-39(18-10-35)31-49-45/h1-28H,29-34H2. The summed E-state index contributed by atoms with van der Waals surface area (Å²) in [5.74, 6) is 0. The number of allylic oxidation sites excluding steroid dienone is 2. The van der Waals surface area contributed by atoms with Crippen molar-refractivity contribution in [2.75, 3.05) is 9.80 Å². The third kappa shape index (κ3) is 6.88. The zero-order valence-electron chi connectivity index (χ0n) is 29.2. The Bertz CT molecular complexity index is 2160. The molecule has 252 valence electrons.